The Morgan fingerprint density at radius 2 is 2.00 bits per heavy atom. The van der Waals surface area contributed by atoms with Crippen LogP contribution in [0.3, 0.4) is 0 Å². The fraction of sp³-hybridized carbons (Fsp3) is 0.158. The van der Waals surface area contributed by atoms with E-state index in [4.69, 9.17) is 4.42 Å². The molecule has 29 heavy (non-hydrogen) atoms. The number of H-pyrrole nitrogens is 1. The molecule has 150 valence electrons. The van der Waals surface area contributed by atoms with Crippen LogP contribution in [0.25, 0.3) is 22.4 Å². The molecule has 0 atom stereocenters. The van der Waals surface area contributed by atoms with Crippen LogP contribution in [0.15, 0.2) is 58.4 Å². The van der Waals surface area contributed by atoms with Crippen LogP contribution in [0.1, 0.15) is 0 Å². The molecule has 0 spiro atoms. The van der Waals surface area contributed by atoms with Gasteiger partial charge in [0, 0.05) is 25.9 Å². The lowest BCUT2D eigenvalue weighted by atomic mass is 10.1. The zero-order chi connectivity index (χ0) is 20.6. The van der Waals surface area contributed by atoms with Crippen molar-refractivity contribution in [2.75, 3.05) is 31.4 Å². The third-order valence-corrected chi connectivity index (χ3v) is 5.95. The number of fused-ring (bicyclic) bond motifs is 1. The Balaban J connectivity index is 1.87. The molecule has 3 aromatic heterocycles. The SMILES string of the molecule is CNS(=O)(=O)c1ccc(N(C)C)c(Nc2ncnc3[nH]cc(-c4ccco4)c23)c1. The summed E-state index contributed by atoms with van der Waals surface area (Å²) in [7, 11) is 1.55. The van der Waals surface area contributed by atoms with Gasteiger partial charge in [-0.2, -0.15) is 0 Å². The highest BCUT2D eigenvalue weighted by atomic mass is 32.2. The highest BCUT2D eigenvalue weighted by Gasteiger charge is 2.18. The van der Waals surface area contributed by atoms with Gasteiger partial charge in [-0.15, -0.1) is 0 Å². The minimum absolute atomic E-state index is 0.152. The molecule has 10 heteroatoms. The number of rotatable bonds is 6. The van der Waals surface area contributed by atoms with Crippen molar-refractivity contribution in [3.05, 3.63) is 49.1 Å². The van der Waals surface area contributed by atoms with Crippen LogP contribution in [-0.4, -0.2) is 44.5 Å². The van der Waals surface area contributed by atoms with Crippen LogP contribution in [0.2, 0.25) is 0 Å². The van der Waals surface area contributed by atoms with E-state index < -0.39 is 10.0 Å². The number of aromatic nitrogens is 3. The zero-order valence-corrected chi connectivity index (χ0v) is 16.9. The van der Waals surface area contributed by atoms with Crippen molar-refractivity contribution in [3.8, 4) is 11.3 Å². The van der Waals surface area contributed by atoms with Gasteiger partial charge < -0.3 is 19.6 Å². The van der Waals surface area contributed by atoms with Crippen LogP contribution in [0.5, 0.6) is 0 Å². The summed E-state index contributed by atoms with van der Waals surface area (Å²) in [5, 5.41) is 4.02. The van der Waals surface area contributed by atoms with E-state index >= 15 is 0 Å². The number of nitrogens with zero attached hydrogens (tertiary/aromatic N) is 3. The summed E-state index contributed by atoms with van der Waals surface area (Å²) in [5.74, 6) is 1.21. The quantitative estimate of drug-likeness (QED) is 0.446. The van der Waals surface area contributed by atoms with Crippen molar-refractivity contribution in [1.29, 1.82) is 0 Å². The summed E-state index contributed by atoms with van der Waals surface area (Å²) in [6, 6.07) is 8.54. The van der Waals surface area contributed by atoms with Gasteiger partial charge in [0.2, 0.25) is 10.0 Å². The first-order chi connectivity index (χ1) is 13.9. The first kappa shape index (κ1) is 19.0. The van der Waals surface area contributed by atoms with Gasteiger partial charge in [-0.3, -0.25) is 0 Å². The average Bonchev–Trinajstić information content (AvgIpc) is 3.37. The second-order valence-electron chi connectivity index (χ2n) is 6.53. The third-order valence-electron chi connectivity index (χ3n) is 4.54. The molecule has 0 aliphatic carbocycles. The highest BCUT2D eigenvalue weighted by Crippen LogP contribution is 2.36. The Kier molecular flexibility index (Phi) is 4.73. The van der Waals surface area contributed by atoms with E-state index in [1.807, 2.05) is 25.1 Å². The monoisotopic (exact) mass is 412 g/mol. The predicted octanol–water partition coefficient (Wildman–Crippen LogP) is 2.94. The number of benzene rings is 1. The van der Waals surface area contributed by atoms with Gasteiger partial charge in [-0.05, 0) is 37.4 Å². The number of nitrogens with one attached hydrogen (secondary N) is 3. The molecule has 0 saturated heterocycles. The van der Waals surface area contributed by atoms with Crippen LogP contribution < -0.4 is 14.9 Å². The molecule has 0 aliphatic rings. The van der Waals surface area contributed by atoms with Crippen LogP contribution in [0, 0.1) is 0 Å². The summed E-state index contributed by atoms with van der Waals surface area (Å²) in [4.78, 5) is 13.8. The van der Waals surface area contributed by atoms with Crippen molar-refractivity contribution < 1.29 is 12.8 Å². The lowest BCUT2D eigenvalue weighted by molar-refractivity contribution is 0.583. The molecule has 0 aliphatic heterocycles. The van der Waals surface area contributed by atoms with Crippen molar-refractivity contribution in [1.82, 2.24) is 19.7 Å². The first-order valence-electron chi connectivity index (χ1n) is 8.78. The molecule has 4 aromatic rings. The van der Waals surface area contributed by atoms with Crippen molar-refractivity contribution in [3.63, 3.8) is 0 Å². The van der Waals surface area contributed by atoms with E-state index in [2.05, 4.69) is 25.0 Å². The first-order valence-corrected chi connectivity index (χ1v) is 10.3. The van der Waals surface area contributed by atoms with E-state index in [0.717, 1.165) is 16.6 Å². The second kappa shape index (κ2) is 7.22. The van der Waals surface area contributed by atoms with Crippen LogP contribution in [0.4, 0.5) is 17.2 Å². The third kappa shape index (κ3) is 3.43. The lowest BCUT2D eigenvalue weighted by Crippen LogP contribution is -2.19. The average molecular weight is 412 g/mol. The highest BCUT2D eigenvalue weighted by molar-refractivity contribution is 7.89. The largest absolute Gasteiger partial charge is 0.464 e. The standard InChI is InChI=1S/C19H20N6O3S/c1-20-29(26,27)12-6-7-15(25(2)3)14(9-12)24-19-17-13(16-5-4-8-28-16)10-21-18(17)22-11-23-19/h4-11,20H,1-3H3,(H2,21,22,23,24). The predicted molar refractivity (Wildman–Crippen MR) is 112 cm³/mol. The van der Waals surface area contributed by atoms with E-state index in [1.165, 1.54) is 13.4 Å². The Labute approximate surface area is 167 Å². The van der Waals surface area contributed by atoms with Gasteiger partial charge in [0.1, 0.15) is 23.6 Å². The Bertz CT molecular complexity index is 1260. The van der Waals surface area contributed by atoms with Gasteiger partial charge in [0.15, 0.2) is 0 Å². The molecular formula is C19H20N6O3S. The maximum Gasteiger partial charge on any atom is 0.240 e. The van der Waals surface area contributed by atoms with Gasteiger partial charge in [-0.1, -0.05) is 0 Å². The molecule has 0 unspecified atom stereocenters. The summed E-state index contributed by atoms with van der Waals surface area (Å²) in [6.45, 7) is 0. The normalized spacial score (nSPS) is 11.7. The molecule has 1 aromatic carbocycles. The van der Waals surface area contributed by atoms with E-state index in [1.54, 1.807) is 36.7 Å². The minimum atomic E-state index is -3.59. The number of hydrogen-bond acceptors (Lipinski definition) is 7. The summed E-state index contributed by atoms with van der Waals surface area (Å²) >= 11 is 0. The Hall–Kier alpha value is -3.37. The molecule has 0 radical (unpaired) electrons. The molecule has 3 heterocycles. The molecule has 0 amide bonds. The van der Waals surface area contributed by atoms with Gasteiger partial charge in [0.25, 0.3) is 0 Å². The van der Waals surface area contributed by atoms with Crippen LogP contribution >= 0.6 is 0 Å². The minimum Gasteiger partial charge on any atom is -0.464 e. The number of sulfonamides is 1. The van der Waals surface area contributed by atoms with Crippen molar-refractivity contribution in [2.45, 2.75) is 4.90 Å². The van der Waals surface area contributed by atoms with E-state index in [0.29, 0.717) is 22.9 Å². The van der Waals surface area contributed by atoms with Gasteiger partial charge >= 0.3 is 0 Å². The molecule has 0 saturated carbocycles. The van der Waals surface area contributed by atoms with Gasteiger partial charge in [-0.25, -0.2) is 23.1 Å². The maximum absolute atomic E-state index is 12.3. The summed E-state index contributed by atoms with van der Waals surface area (Å²) < 4.78 is 32.4. The number of anilines is 3. The molecule has 0 bridgehead atoms. The summed E-state index contributed by atoms with van der Waals surface area (Å²) in [6.07, 6.45) is 4.84. The molecule has 0 fully saturated rings. The van der Waals surface area contributed by atoms with E-state index in [9.17, 15) is 8.42 Å². The molecular weight excluding hydrogens is 392 g/mol. The fourth-order valence-electron chi connectivity index (χ4n) is 3.10. The Morgan fingerprint density at radius 3 is 2.69 bits per heavy atom. The van der Waals surface area contributed by atoms with Crippen LogP contribution in [-0.2, 0) is 10.0 Å². The lowest BCUT2D eigenvalue weighted by Gasteiger charge is -2.19. The Morgan fingerprint density at radius 1 is 1.17 bits per heavy atom. The topological polar surface area (TPSA) is 116 Å². The second-order valence-corrected chi connectivity index (χ2v) is 8.42. The number of aromatic amines is 1. The number of furan rings is 1. The molecule has 9 nitrogen and oxygen atoms in total. The summed E-state index contributed by atoms with van der Waals surface area (Å²) in [5.41, 5.74) is 2.85. The van der Waals surface area contributed by atoms with E-state index in [-0.39, 0.29) is 4.90 Å². The van der Waals surface area contributed by atoms with Gasteiger partial charge in [0.05, 0.1) is 27.9 Å². The van der Waals surface area contributed by atoms with Crippen molar-refractivity contribution >= 4 is 38.2 Å². The zero-order valence-electron chi connectivity index (χ0n) is 16.1. The maximum atomic E-state index is 12.3. The fourth-order valence-corrected chi connectivity index (χ4v) is 3.86. The molecule has 4 rings (SSSR count). The van der Waals surface area contributed by atoms with Crippen molar-refractivity contribution in [2.24, 2.45) is 0 Å². The number of hydrogen-bond donors (Lipinski definition) is 3. The molecule has 3 N–H and O–H groups in total. The smallest absolute Gasteiger partial charge is 0.240 e.